The standard InChI is InChI=1S/C17H25N3O5.ClH/c1-24-16(22)14(20-15(21)11-18)9-5-6-10-19-17(23)25-12-13-7-3-2-4-8-13;/h2-4,7-8,14H,5-6,9-12,18H2,1H3,(H,19,23)(H,20,21);1H. The molecule has 1 rings (SSSR count). The molecule has 4 N–H and O–H groups in total. The second-order valence-corrected chi connectivity index (χ2v) is 5.33. The lowest BCUT2D eigenvalue weighted by atomic mass is 10.1. The number of methoxy groups -OCH3 is 1. The third-order valence-corrected chi connectivity index (χ3v) is 3.41. The van der Waals surface area contributed by atoms with E-state index in [1.807, 2.05) is 30.3 Å². The van der Waals surface area contributed by atoms with Gasteiger partial charge in [0.15, 0.2) is 0 Å². The summed E-state index contributed by atoms with van der Waals surface area (Å²) in [4.78, 5) is 34.5. The monoisotopic (exact) mass is 387 g/mol. The van der Waals surface area contributed by atoms with Crippen molar-refractivity contribution in [3.63, 3.8) is 0 Å². The van der Waals surface area contributed by atoms with E-state index in [2.05, 4.69) is 15.4 Å². The zero-order valence-corrected chi connectivity index (χ0v) is 15.6. The van der Waals surface area contributed by atoms with Crippen LogP contribution in [-0.4, -0.2) is 44.2 Å². The van der Waals surface area contributed by atoms with Gasteiger partial charge in [-0.15, -0.1) is 12.4 Å². The molecule has 1 unspecified atom stereocenters. The van der Waals surface area contributed by atoms with Crippen LogP contribution in [0.5, 0.6) is 0 Å². The van der Waals surface area contributed by atoms with E-state index in [0.717, 1.165) is 5.56 Å². The molecular formula is C17H26ClN3O5. The number of rotatable bonds is 10. The number of amides is 2. The molecule has 146 valence electrons. The van der Waals surface area contributed by atoms with Gasteiger partial charge in [0.25, 0.3) is 0 Å². The SMILES string of the molecule is COC(=O)C(CCCCNC(=O)OCc1ccccc1)NC(=O)CN.Cl. The first-order valence-corrected chi connectivity index (χ1v) is 8.08. The highest BCUT2D eigenvalue weighted by Crippen LogP contribution is 2.03. The fourth-order valence-electron chi connectivity index (χ4n) is 2.08. The number of alkyl carbamates (subject to hydrolysis) is 1. The number of carbonyl (C=O) groups is 3. The molecule has 0 radical (unpaired) electrons. The Kier molecular flexibility index (Phi) is 12.7. The minimum atomic E-state index is -0.730. The van der Waals surface area contributed by atoms with Gasteiger partial charge in [0.1, 0.15) is 12.6 Å². The Hall–Kier alpha value is -2.32. The largest absolute Gasteiger partial charge is 0.467 e. The van der Waals surface area contributed by atoms with Crippen LogP contribution in [0.25, 0.3) is 0 Å². The van der Waals surface area contributed by atoms with Gasteiger partial charge in [0.05, 0.1) is 13.7 Å². The average Bonchev–Trinajstić information content (AvgIpc) is 2.65. The minimum absolute atomic E-state index is 0. The molecule has 0 aromatic heterocycles. The van der Waals surface area contributed by atoms with Crippen LogP contribution in [0.1, 0.15) is 24.8 Å². The van der Waals surface area contributed by atoms with Gasteiger partial charge in [-0.05, 0) is 24.8 Å². The van der Waals surface area contributed by atoms with Crippen LogP contribution in [0.3, 0.4) is 0 Å². The van der Waals surface area contributed by atoms with E-state index < -0.39 is 24.0 Å². The Morgan fingerprint density at radius 1 is 1.15 bits per heavy atom. The number of hydrogen-bond acceptors (Lipinski definition) is 6. The lowest BCUT2D eigenvalue weighted by Crippen LogP contribution is -2.44. The van der Waals surface area contributed by atoms with Crippen molar-refractivity contribution in [3.05, 3.63) is 35.9 Å². The molecule has 0 aliphatic carbocycles. The van der Waals surface area contributed by atoms with Crippen LogP contribution >= 0.6 is 12.4 Å². The van der Waals surface area contributed by atoms with Crippen LogP contribution in [0.4, 0.5) is 4.79 Å². The molecule has 1 atom stereocenters. The predicted octanol–water partition coefficient (Wildman–Crippen LogP) is 1.12. The molecule has 0 heterocycles. The molecule has 0 fully saturated rings. The predicted molar refractivity (Wildman–Crippen MR) is 98.7 cm³/mol. The van der Waals surface area contributed by atoms with E-state index >= 15 is 0 Å². The number of ether oxygens (including phenoxy) is 2. The molecule has 0 spiro atoms. The molecule has 0 saturated heterocycles. The Morgan fingerprint density at radius 3 is 2.46 bits per heavy atom. The maximum atomic E-state index is 11.6. The maximum absolute atomic E-state index is 11.6. The third kappa shape index (κ3) is 9.85. The molecular weight excluding hydrogens is 362 g/mol. The van der Waals surface area contributed by atoms with Crippen molar-refractivity contribution in [2.24, 2.45) is 5.73 Å². The Balaban J connectivity index is 0.00000625. The number of nitrogens with one attached hydrogen (secondary N) is 2. The minimum Gasteiger partial charge on any atom is -0.467 e. The smallest absolute Gasteiger partial charge is 0.407 e. The Morgan fingerprint density at radius 2 is 1.85 bits per heavy atom. The molecule has 0 aliphatic rings. The van der Waals surface area contributed by atoms with Gasteiger partial charge < -0.3 is 25.8 Å². The van der Waals surface area contributed by atoms with Crippen LogP contribution in [0, 0.1) is 0 Å². The van der Waals surface area contributed by atoms with Gasteiger partial charge in [-0.3, -0.25) is 4.79 Å². The topological polar surface area (TPSA) is 120 Å². The van der Waals surface area contributed by atoms with Gasteiger partial charge in [-0.25, -0.2) is 9.59 Å². The van der Waals surface area contributed by atoms with Crippen molar-refractivity contribution in [1.29, 1.82) is 0 Å². The highest BCUT2D eigenvalue weighted by Gasteiger charge is 2.20. The van der Waals surface area contributed by atoms with E-state index in [-0.39, 0.29) is 25.6 Å². The van der Waals surface area contributed by atoms with Gasteiger partial charge in [-0.2, -0.15) is 0 Å². The molecule has 0 saturated carbocycles. The van der Waals surface area contributed by atoms with Crippen LogP contribution in [0.2, 0.25) is 0 Å². The first-order chi connectivity index (χ1) is 12.1. The van der Waals surface area contributed by atoms with Crippen molar-refractivity contribution in [2.75, 3.05) is 20.2 Å². The Labute approximate surface area is 159 Å². The summed E-state index contributed by atoms with van der Waals surface area (Å²) in [5, 5.41) is 5.14. The molecule has 26 heavy (non-hydrogen) atoms. The van der Waals surface area contributed by atoms with Crippen LogP contribution in [0.15, 0.2) is 30.3 Å². The summed E-state index contributed by atoms with van der Waals surface area (Å²) in [7, 11) is 1.26. The molecule has 9 heteroatoms. The van der Waals surface area contributed by atoms with Crippen molar-refractivity contribution < 1.29 is 23.9 Å². The zero-order chi connectivity index (χ0) is 18.5. The summed E-state index contributed by atoms with van der Waals surface area (Å²) >= 11 is 0. The van der Waals surface area contributed by atoms with Gasteiger partial charge in [0.2, 0.25) is 5.91 Å². The lowest BCUT2D eigenvalue weighted by Gasteiger charge is -2.16. The molecule has 0 aliphatic heterocycles. The summed E-state index contributed by atoms with van der Waals surface area (Å²) < 4.78 is 9.73. The number of halogens is 1. The third-order valence-electron chi connectivity index (χ3n) is 3.41. The van der Waals surface area contributed by atoms with Crippen molar-refractivity contribution in [3.8, 4) is 0 Å². The number of carbonyl (C=O) groups excluding carboxylic acids is 3. The first-order valence-electron chi connectivity index (χ1n) is 8.08. The second-order valence-electron chi connectivity index (χ2n) is 5.33. The summed E-state index contributed by atoms with van der Waals surface area (Å²) in [5.74, 6) is -0.935. The highest BCUT2D eigenvalue weighted by molar-refractivity contribution is 5.85. The number of nitrogens with two attached hydrogens (primary N) is 1. The van der Waals surface area contributed by atoms with Gasteiger partial charge >= 0.3 is 12.1 Å². The summed E-state index contributed by atoms with van der Waals surface area (Å²) in [6, 6.07) is 8.65. The van der Waals surface area contributed by atoms with Gasteiger partial charge in [0, 0.05) is 6.54 Å². The molecule has 1 aromatic rings. The van der Waals surface area contributed by atoms with Gasteiger partial charge in [-0.1, -0.05) is 30.3 Å². The fraction of sp³-hybridized carbons (Fsp3) is 0.471. The Bertz CT molecular complexity index is 557. The van der Waals surface area contributed by atoms with Crippen molar-refractivity contribution >= 4 is 30.4 Å². The number of hydrogen-bond donors (Lipinski definition) is 3. The molecule has 8 nitrogen and oxygen atoms in total. The summed E-state index contributed by atoms with van der Waals surface area (Å²) in [5.41, 5.74) is 6.13. The highest BCUT2D eigenvalue weighted by atomic mass is 35.5. The van der Waals surface area contributed by atoms with E-state index in [4.69, 9.17) is 10.5 Å². The van der Waals surface area contributed by atoms with Crippen molar-refractivity contribution in [2.45, 2.75) is 31.9 Å². The molecule has 2 amide bonds. The van der Waals surface area contributed by atoms with E-state index in [1.165, 1.54) is 7.11 Å². The second kappa shape index (κ2) is 13.9. The van der Waals surface area contributed by atoms with Crippen LogP contribution in [-0.2, 0) is 25.7 Å². The number of benzene rings is 1. The fourth-order valence-corrected chi connectivity index (χ4v) is 2.08. The quantitative estimate of drug-likeness (QED) is 0.409. The lowest BCUT2D eigenvalue weighted by molar-refractivity contribution is -0.145. The average molecular weight is 388 g/mol. The maximum Gasteiger partial charge on any atom is 0.407 e. The number of unbranched alkanes of at least 4 members (excludes halogenated alkanes) is 1. The van der Waals surface area contributed by atoms with Crippen molar-refractivity contribution in [1.82, 2.24) is 10.6 Å². The normalized spacial score (nSPS) is 10.8. The first kappa shape index (κ1) is 23.7. The van der Waals surface area contributed by atoms with E-state index in [0.29, 0.717) is 25.8 Å². The van der Waals surface area contributed by atoms with Crippen LogP contribution < -0.4 is 16.4 Å². The number of esters is 1. The van der Waals surface area contributed by atoms with E-state index in [1.54, 1.807) is 0 Å². The summed E-state index contributed by atoms with van der Waals surface area (Å²) in [6.07, 6.45) is 1.15. The molecule has 1 aromatic carbocycles. The zero-order valence-electron chi connectivity index (χ0n) is 14.7. The molecule has 0 bridgehead atoms. The van der Waals surface area contributed by atoms with E-state index in [9.17, 15) is 14.4 Å². The summed E-state index contributed by atoms with van der Waals surface area (Å²) in [6.45, 7) is 0.427.